The van der Waals surface area contributed by atoms with Crippen LogP contribution in [0.3, 0.4) is 0 Å². The molecule has 8 heteroatoms. The molecule has 1 amide bonds. The van der Waals surface area contributed by atoms with Crippen molar-refractivity contribution in [1.29, 1.82) is 0 Å². The first kappa shape index (κ1) is 25.9. The first-order chi connectivity index (χ1) is 16.3. The Balaban J connectivity index is 1.87. The molecule has 1 aromatic heterocycles. The second-order valence-corrected chi connectivity index (χ2v) is 11.3. The van der Waals surface area contributed by atoms with Crippen molar-refractivity contribution < 1.29 is 17.9 Å². The number of carbonyl (C=O) groups excluding carboxylic acids is 1. The zero-order valence-corrected chi connectivity index (χ0v) is 21.5. The lowest BCUT2D eigenvalue weighted by molar-refractivity contribution is -0.132. The van der Waals surface area contributed by atoms with Crippen molar-refractivity contribution in [3.8, 4) is 5.75 Å². The maximum Gasteiger partial charge on any atom is 0.243 e. The summed E-state index contributed by atoms with van der Waals surface area (Å²) in [5.41, 5.74) is 0.999. The number of benzene rings is 2. The Morgan fingerprint density at radius 1 is 1.00 bits per heavy atom. The van der Waals surface area contributed by atoms with Crippen molar-refractivity contribution in [2.75, 3.05) is 20.2 Å². The molecule has 1 unspecified atom stereocenters. The van der Waals surface area contributed by atoms with E-state index in [2.05, 4.69) is 0 Å². The molecule has 0 aliphatic rings. The van der Waals surface area contributed by atoms with Crippen LogP contribution in [0.25, 0.3) is 0 Å². The van der Waals surface area contributed by atoms with Gasteiger partial charge in [-0.25, -0.2) is 8.42 Å². The van der Waals surface area contributed by atoms with Crippen LogP contribution in [0.5, 0.6) is 5.75 Å². The van der Waals surface area contributed by atoms with Gasteiger partial charge in [-0.2, -0.15) is 4.31 Å². The first-order valence-corrected chi connectivity index (χ1v) is 13.6. The second-order valence-electron chi connectivity index (χ2n) is 8.30. The highest BCUT2D eigenvalue weighted by Gasteiger charge is 2.30. The van der Waals surface area contributed by atoms with Crippen LogP contribution >= 0.6 is 11.3 Å². The maximum atomic E-state index is 13.5. The number of sulfonamides is 1. The van der Waals surface area contributed by atoms with Crippen molar-refractivity contribution in [1.82, 2.24) is 9.21 Å². The highest BCUT2D eigenvalue weighted by molar-refractivity contribution is 7.89. The highest BCUT2D eigenvalue weighted by Crippen LogP contribution is 2.22. The van der Waals surface area contributed by atoms with Gasteiger partial charge >= 0.3 is 0 Å². The molecule has 6 nitrogen and oxygen atoms in total. The Kier molecular flexibility index (Phi) is 9.27. The van der Waals surface area contributed by atoms with Gasteiger partial charge < -0.3 is 9.64 Å². The van der Waals surface area contributed by atoms with Gasteiger partial charge in [0.2, 0.25) is 15.9 Å². The van der Waals surface area contributed by atoms with Gasteiger partial charge in [-0.1, -0.05) is 56.7 Å². The van der Waals surface area contributed by atoms with Gasteiger partial charge in [0.05, 0.1) is 25.1 Å². The normalized spacial score (nSPS) is 12.5. The van der Waals surface area contributed by atoms with E-state index >= 15 is 0 Å². The Labute approximate surface area is 206 Å². The molecule has 1 heterocycles. The summed E-state index contributed by atoms with van der Waals surface area (Å²) in [7, 11) is -2.33. The van der Waals surface area contributed by atoms with Crippen LogP contribution in [0.1, 0.15) is 30.7 Å². The van der Waals surface area contributed by atoms with Crippen molar-refractivity contribution in [2.45, 2.75) is 38.3 Å². The lowest BCUT2D eigenvalue weighted by Crippen LogP contribution is -2.44. The minimum atomic E-state index is -3.86. The number of carbonyl (C=O) groups is 1. The molecule has 0 saturated carbocycles. The second kappa shape index (κ2) is 12.1. The number of amides is 1. The minimum absolute atomic E-state index is 0.112. The van der Waals surface area contributed by atoms with Gasteiger partial charge in [0.1, 0.15) is 5.75 Å². The summed E-state index contributed by atoms with van der Waals surface area (Å²) in [6, 6.07) is 20.0. The van der Waals surface area contributed by atoms with Crippen LogP contribution < -0.4 is 4.74 Å². The smallest absolute Gasteiger partial charge is 0.243 e. The van der Waals surface area contributed by atoms with Crippen molar-refractivity contribution in [3.05, 3.63) is 82.6 Å². The predicted molar refractivity (Wildman–Crippen MR) is 136 cm³/mol. The highest BCUT2D eigenvalue weighted by atomic mass is 32.2. The minimum Gasteiger partial charge on any atom is -0.497 e. The molecule has 0 radical (unpaired) electrons. The number of rotatable bonds is 12. The summed E-state index contributed by atoms with van der Waals surface area (Å²) in [5.74, 6) is 0.465. The van der Waals surface area contributed by atoms with E-state index in [0.717, 1.165) is 16.9 Å². The fourth-order valence-corrected chi connectivity index (χ4v) is 5.73. The monoisotopic (exact) mass is 500 g/mol. The summed E-state index contributed by atoms with van der Waals surface area (Å²) in [6.45, 7) is 4.92. The summed E-state index contributed by atoms with van der Waals surface area (Å²) in [6.07, 6.45) is 0.811. The number of methoxy groups -OCH3 is 1. The number of ether oxygens (including phenoxy) is 1. The van der Waals surface area contributed by atoms with Crippen LogP contribution in [0.2, 0.25) is 0 Å². The summed E-state index contributed by atoms with van der Waals surface area (Å²) < 4.78 is 33.5. The van der Waals surface area contributed by atoms with Crippen LogP contribution in [-0.4, -0.2) is 43.7 Å². The van der Waals surface area contributed by atoms with E-state index in [4.69, 9.17) is 4.74 Å². The number of hydrogen-bond acceptors (Lipinski definition) is 5. The largest absolute Gasteiger partial charge is 0.497 e. The van der Waals surface area contributed by atoms with E-state index in [-0.39, 0.29) is 29.8 Å². The van der Waals surface area contributed by atoms with Gasteiger partial charge in [0.25, 0.3) is 0 Å². The van der Waals surface area contributed by atoms with Crippen LogP contribution in [0.15, 0.2) is 77.0 Å². The SMILES string of the molecule is CCC(C)CN(CC(=O)N(Cc1ccccc1)Cc1cccs1)S(=O)(=O)c1ccc(OC)cc1. The lowest BCUT2D eigenvalue weighted by Gasteiger charge is -2.28. The van der Waals surface area contributed by atoms with Crippen molar-refractivity contribution in [2.24, 2.45) is 5.92 Å². The molecule has 3 rings (SSSR count). The molecule has 0 fully saturated rings. The molecule has 0 saturated heterocycles. The van der Waals surface area contributed by atoms with Crippen LogP contribution in [0, 0.1) is 5.92 Å². The summed E-state index contributed by atoms with van der Waals surface area (Å²) in [5, 5.41) is 1.98. The predicted octanol–water partition coefficient (Wildman–Crippen LogP) is 5.02. The Morgan fingerprint density at radius 2 is 1.71 bits per heavy atom. The van der Waals surface area contributed by atoms with Gasteiger partial charge in [-0.15, -0.1) is 11.3 Å². The summed E-state index contributed by atoms with van der Waals surface area (Å²) in [4.78, 5) is 16.5. The van der Waals surface area contributed by atoms with Crippen LogP contribution in [0.4, 0.5) is 0 Å². The van der Waals surface area contributed by atoms with E-state index < -0.39 is 10.0 Å². The quantitative estimate of drug-likeness (QED) is 0.350. The molecule has 34 heavy (non-hydrogen) atoms. The van der Waals surface area contributed by atoms with E-state index in [0.29, 0.717) is 18.8 Å². The zero-order valence-electron chi connectivity index (χ0n) is 19.9. The van der Waals surface area contributed by atoms with E-state index in [9.17, 15) is 13.2 Å². The molecule has 0 aliphatic heterocycles. The average Bonchev–Trinajstić information content (AvgIpc) is 3.37. The average molecular weight is 501 g/mol. The third kappa shape index (κ3) is 6.91. The number of hydrogen-bond donors (Lipinski definition) is 0. The fourth-order valence-electron chi connectivity index (χ4n) is 3.50. The third-order valence-electron chi connectivity index (χ3n) is 5.72. The molecule has 0 aliphatic carbocycles. The zero-order chi connectivity index (χ0) is 24.6. The van der Waals surface area contributed by atoms with E-state index in [1.165, 1.54) is 23.5 Å². The van der Waals surface area contributed by atoms with Crippen molar-refractivity contribution >= 4 is 27.3 Å². The molecule has 0 bridgehead atoms. The topological polar surface area (TPSA) is 66.9 Å². The molecular formula is C26H32N2O4S2. The van der Waals surface area contributed by atoms with E-state index in [1.807, 2.05) is 61.7 Å². The van der Waals surface area contributed by atoms with Gasteiger partial charge in [0, 0.05) is 18.0 Å². The Morgan fingerprint density at radius 3 is 2.29 bits per heavy atom. The lowest BCUT2D eigenvalue weighted by atomic mass is 10.1. The van der Waals surface area contributed by atoms with Crippen molar-refractivity contribution in [3.63, 3.8) is 0 Å². The van der Waals surface area contributed by atoms with Gasteiger partial charge in [-0.05, 0) is 47.2 Å². The molecular weight excluding hydrogens is 468 g/mol. The molecule has 182 valence electrons. The molecule has 2 aromatic carbocycles. The number of nitrogens with zero attached hydrogens (tertiary/aromatic N) is 2. The maximum absolute atomic E-state index is 13.5. The Bertz CT molecular complexity index is 1130. The van der Waals surface area contributed by atoms with E-state index in [1.54, 1.807) is 28.4 Å². The number of thiophene rings is 1. The Hall–Kier alpha value is -2.68. The molecule has 3 aromatic rings. The molecule has 1 atom stereocenters. The molecule has 0 spiro atoms. The standard InChI is InChI=1S/C26H32N2O4S2/c1-4-21(2)17-28(34(30,31)25-14-12-23(32-3)13-15-25)20-26(29)27(19-24-11-8-16-33-24)18-22-9-6-5-7-10-22/h5-16,21H,4,17-20H2,1-3H3. The van der Waals surface area contributed by atoms with Crippen LogP contribution in [-0.2, 0) is 27.9 Å². The first-order valence-electron chi connectivity index (χ1n) is 11.3. The third-order valence-corrected chi connectivity index (χ3v) is 8.40. The summed E-state index contributed by atoms with van der Waals surface area (Å²) >= 11 is 1.58. The van der Waals surface area contributed by atoms with Gasteiger partial charge in [0.15, 0.2) is 0 Å². The van der Waals surface area contributed by atoms with Gasteiger partial charge in [-0.3, -0.25) is 4.79 Å². The fraction of sp³-hybridized carbons (Fsp3) is 0.346. The molecule has 0 N–H and O–H groups in total.